The van der Waals surface area contributed by atoms with E-state index < -0.39 is 0 Å². The molecule has 0 atom stereocenters. The summed E-state index contributed by atoms with van der Waals surface area (Å²) in [5, 5.41) is 0. The van der Waals surface area contributed by atoms with Gasteiger partial charge in [0.2, 0.25) is 0 Å². The maximum Gasteiger partial charge on any atom is -0.0122 e. The minimum atomic E-state index is 0.500. The molecule has 1 saturated carbocycles. The topological polar surface area (TPSA) is 0 Å². The van der Waals surface area contributed by atoms with Gasteiger partial charge in [0.25, 0.3) is 0 Å². The zero-order chi connectivity index (χ0) is 6.91. The highest BCUT2D eigenvalue weighted by molar-refractivity contribution is 5.07. The van der Waals surface area contributed by atoms with Gasteiger partial charge in [-0.2, -0.15) is 0 Å². The van der Waals surface area contributed by atoms with E-state index in [0.717, 1.165) is 0 Å². The van der Waals surface area contributed by atoms with E-state index in [0.29, 0.717) is 5.41 Å². The Labute approximate surface area is 58.0 Å². The largest absolute Gasteiger partial charge is 0.0996 e. The molecule has 0 radical (unpaired) electrons. The Kier molecular flexibility index (Phi) is 1.65. The van der Waals surface area contributed by atoms with Crippen LogP contribution in [-0.4, -0.2) is 0 Å². The molecule has 0 saturated heterocycles. The van der Waals surface area contributed by atoms with Gasteiger partial charge in [0.1, 0.15) is 0 Å². The van der Waals surface area contributed by atoms with Gasteiger partial charge in [0.05, 0.1) is 0 Å². The summed E-state index contributed by atoms with van der Waals surface area (Å²) in [4.78, 5) is 0. The predicted molar refractivity (Wildman–Crippen MR) is 41.4 cm³/mol. The zero-order valence-corrected chi connectivity index (χ0v) is 6.54. The molecule has 0 unspecified atom stereocenters. The van der Waals surface area contributed by atoms with Crippen LogP contribution in [0.5, 0.6) is 0 Å². The van der Waals surface area contributed by atoms with Crippen molar-refractivity contribution in [2.45, 2.75) is 39.5 Å². The second kappa shape index (κ2) is 2.17. The third kappa shape index (κ3) is 1.17. The first kappa shape index (κ1) is 6.85. The fraction of sp³-hybridized carbons (Fsp3) is 0.778. The normalized spacial score (nSPS) is 24.2. The molecule has 0 amide bonds. The summed E-state index contributed by atoms with van der Waals surface area (Å²) in [7, 11) is 0. The number of allylic oxidation sites excluding steroid dienone is 1. The molecular weight excluding hydrogens is 108 g/mol. The molecule has 1 aliphatic carbocycles. The highest BCUT2D eigenvalue weighted by atomic mass is 14.3. The van der Waals surface area contributed by atoms with E-state index in [9.17, 15) is 0 Å². The molecule has 0 nitrogen and oxygen atoms in total. The maximum atomic E-state index is 4.01. The van der Waals surface area contributed by atoms with Gasteiger partial charge in [0, 0.05) is 0 Å². The van der Waals surface area contributed by atoms with Crippen LogP contribution in [0.3, 0.4) is 0 Å². The molecule has 1 fully saturated rings. The SMILES string of the molecule is C=C(C)C1(C)CCCC1. The lowest BCUT2D eigenvalue weighted by atomic mass is 9.82. The van der Waals surface area contributed by atoms with Crippen molar-refractivity contribution in [3.05, 3.63) is 12.2 Å². The Bertz CT molecular complexity index is 116. The molecule has 0 heterocycles. The van der Waals surface area contributed by atoms with Crippen LogP contribution in [0.15, 0.2) is 12.2 Å². The number of rotatable bonds is 1. The third-order valence-electron chi connectivity index (χ3n) is 2.74. The molecule has 0 aromatic heterocycles. The Hall–Kier alpha value is -0.260. The quantitative estimate of drug-likeness (QED) is 0.471. The van der Waals surface area contributed by atoms with Gasteiger partial charge in [-0.3, -0.25) is 0 Å². The third-order valence-corrected chi connectivity index (χ3v) is 2.74. The van der Waals surface area contributed by atoms with Gasteiger partial charge in [-0.25, -0.2) is 0 Å². The van der Waals surface area contributed by atoms with Crippen LogP contribution in [0.1, 0.15) is 39.5 Å². The average molecular weight is 124 g/mol. The average Bonchev–Trinajstić information content (AvgIpc) is 2.16. The van der Waals surface area contributed by atoms with Crippen LogP contribution in [0, 0.1) is 5.41 Å². The highest BCUT2D eigenvalue weighted by Crippen LogP contribution is 2.42. The van der Waals surface area contributed by atoms with Crippen LogP contribution in [0.25, 0.3) is 0 Å². The fourth-order valence-corrected chi connectivity index (χ4v) is 1.58. The molecule has 9 heavy (non-hydrogen) atoms. The van der Waals surface area contributed by atoms with E-state index >= 15 is 0 Å². The molecule has 0 heteroatoms. The van der Waals surface area contributed by atoms with Crippen LogP contribution in [0.2, 0.25) is 0 Å². The van der Waals surface area contributed by atoms with Crippen molar-refractivity contribution in [2.75, 3.05) is 0 Å². The number of hydrogen-bond acceptors (Lipinski definition) is 0. The van der Waals surface area contributed by atoms with Crippen molar-refractivity contribution >= 4 is 0 Å². The molecule has 1 rings (SSSR count). The second-order valence-electron chi connectivity index (χ2n) is 3.55. The van der Waals surface area contributed by atoms with Gasteiger partial charge < -0.3 is 0 Å². The molecule has 0 spiro atoms. The maximum absolute atomic E-state index is 4.01. The van der Waals surface area contributed by atoms with E-state index in [4.69, 9.17) is 0 Å². The van der Waals surface area contributed by atoms with Crippen molar-refractivity contribution < 1.29 is 0 Å². The lowest BCUT2D eigenvalue weighted by Gasteiger charge is -2.23. The van der Waals surface area contributed by atoms with Gasteiger partial charge in [-0.15, -0.1) is 0 Å². The Balaban J connectivity index is 2.61. The first-order valence-corrected chi connectivity index (χ1v) is 3.81. The summed E-state index contributed by atoms with van der Waals surface area (Å²) < 4.78 is 0. The van der Waals surface area contributed by atoms with Crippen molar-refractivity contribution in [3.63, 3.8) is 0 Å². The second-order valence-corrected chi connectivity index (χ2v) is 3.55. The van der Waals surface area contributed by atoms with Crippen molar-refractivity contribution in [1.29, 1.82) is 0 Å². The van der Waals surface area contributed by atoms with Crippen LogP contribution < -0.4 is 0 Å². The fourth-order valence-electron chi connectivity index (χ4n) is 1.58. The summed E-state index contributed by atoms with van der Waals surface area (Å²) in [5.74, 6) is 0. The molecular formula is C9H16. The first-order chi connectivity index (χ1) is 4.15. The Morgan fingerprint density at radius 3 is 2.00 bits per heavy atom. The van der Waals surface area contributed by atoms with Gasteiger partial charge in [-0.1, -0.05) is 31.9 Å². The van der Waals surface area contributed by atoms with Crippen LogP contribution in [-0.2, 0) is 0 Å². The zero-order valence-electron chi connectivity index (χ0n) is 6.54. The molecule has 52 valence electrons. The van der Waals surface area contributed by atoms with Crippen molar-refractivity contribution in [3.8, 4) is 0 Å². The molecule has 0 N–H and O–H groups in total. The minimum Gasteiger partial charge on any atom is -0.0996 e. The van der Waals surface area contributed by atoms with E-state index in [1.54, 1.807) is 0 Å². The Morgan fingerprint density at radius 1 is 1.33 bits per heavy atom. The Morgan fingerprint density at radius 2 is 1.78 bits per heavy atom. The monoisotopic (exact) mass is 124 g/mol. The minimum absolute atomic E-state index is 0.500. The van der Waals surface area contributed by atoms with E-state index in [-0.39, 0.29) is 0 Å². The lowest BCUT2D eigenvalue weighted by Crippen LogP contribution is -2.10. The van der Waals surface area contributed by atoms with Gasteiger partial charge >= 0.3 is 0 Å². The predicted octanol–water partition coefficient (Wildman–Crippen LogP) is 3.14. The molecule has 0 aromatic rings. The van der Waals surface area contributed by atoms with Crippen molar-refractivity contribution in [2.24, 2.45) is 5.41 Å². The van der Waals surface area contributed by atoms with Crippen LogP contribution >= 0.6 is 0 Å². The molecule has 0 aliphatic heterocycles. The smallest absolute Gasteiger partial charge is 0.0122 e. The van der Waals surface area contributed by atoms with Gasteiger partial charge in [0.15, 0.2) is 0 Å². The molecule has 1 aliphatic rings. The van der Waals surface area contributed by atoms with Crippen molar-refractivity contribution in [1.82, 2.24) is 0 Å². The number of hydrogen-bond donors (Lipinski definition) is 0. The van der Waals surface area contributed by atoms with Crippen LogP contribution in [0.4, 0.5) is 0 Å². The van der Waals surface area contributed by atoms with E-state index in [1.165, 1.54) is 31.3 Å². The summed E-state index contributed by atoms with van der Waals surface area (Å²) in [6.07, 6.45) is 5.54. The summed E-state index contributed by atoms with van der Waals surface area (Å²) in [6.45, 7) is 8.50. The molecule has 0 aromatic carbocycles. The lowest BCUT2D eigenvalue weighted by molar-refractivity contribution is 0.416. The summed E-state index contributed by atoms with van der Waals surface area (Å²) >= 11 is 0. The standard InChI is InChI=1S/C9H16/c1-8(2)9(3)6-4-5-7-9/h1,4-7H2,2-3H3. The highest BCUT2D eigenvalue weighted by Gasteiger charge is 2.28. The molecule has 0 bridgehead atoms. The van der Waals surface area contributed by atoms with E-state index in [2.05, 4.69) is 20.4 Å². The van der Waals surface area contributed by atoms with Gasteiger partial charge in [-0.05, 0) is 25.2 Å². The summed E-state index contributed by atoms with van der Waals surface area (Å²) in [5.41, 5.74) is 1.88. The van der Waals surface area contributed by atoms with E-state index in [1.807, 2.05) is 0 Å². The summed E-state index contributed by atoms with van der Waals surface area (Å²) in [6, 6.07) is 0. The first-order valence-electron chi connectivity index (χ1n) is 3.81.